The molecule has 0 radical (unpaired) electrons. The molecule has 240 valence electrons. The van der Waals surface area contributed by atoms with E-state index in [0.29, 0.717) is 18.7 Å². The van der Waals surface area contributed by atoms with Gasteiger partial charge in [-0.15, -0.1) is 0 Å². The van der Waals surface area contributed by atoms with Gasteiger partial charge in [-0.3, -0.25) is 18.9 Å². The number of unbranched alkanes of at least 4 members (excludes halogenated alkanes) is 11. The van der Waals surface area contributed by atoms with Crippen molar-refractivity contribution in [3.8, 4) is 0 Å². The van der Waals surface area contributed by atoms with Crippen LogP contribution >= 0.6 is 19.6 Å². The molecule has 0 aliphatic heterocycles. The van der Waals surface area contributed by atoms with Gasteiger partial charge in [-0.1, -0.05) is 96.1 Å². The van der Waals surface area contributed by atoms with Crippen molar-refractivity contribution in [1.82, 2.24) is 10.6 Å². The smallest absolute Gasteiger partial charge is 0.383 e. The van der Waals surface area contributed by atoms with Crippen LogP contribution in [0.4, 0.5) is 0 Å². The second kappa shape index (κ2) is 24.2. The van der Waals surface area contributed by atoms with Gasteiger partial charge in [0.05, 0.1) is 6.61 Å². The molecule has 0 aliphatic carbocycles. The summed E-state index contributed by atoms with van der Waals surface area (Å²) in [5, 5.41) is 15.4. The van der Waals surface area contributed by atoms with E-state index >= 15 is 0 Å². The highest BCUT2D eigenvalue weighted by atomic mass is 32.2. The maximum Gasteiger partial charge on any atom is 0.469 e. The average Bonchev–Trinajstić information content (AvgIpc) is 2.91. The number of thioether (sulfide) groups is 1. The highest BCUT2D eigenvalue weighted by Gasteiger charge is 2.35. The fourth-order valence-corrected chi connectivity index (χ4v) is 5.16. The molecule has 0 fully saturated rings. The summed E-state index contributed by atoms with van der Waals surface area (Å²) in [7, 11) is -4.73. The minimum atomic E-state index is -4.73. The second-order valence-corrected chi connectivity index (χ2v) is 13.5. The third-order valence-electron chi connectivity index (χ3n) is 6.57. The lowest BCUT2D eigenvalue weighted by atomic mass is 9.87. The topological polar surface area (TPSA) is 162 Å². The Labute approximate surface area is 251 Å². The number of aliphatic hydroxyl groups is 1. The van der Waals surface area contributed by atoms with E-state index in [1.807, 2.05) is 0 Å². The molecule has 41 heavy (non-hydrogen) atoms. The lowest BCUT2D eigenvalue weighted by Gasteiger charge is -2.29. The molecule has 0 unspecified atom stereocenters. The first-order valence-electron chi connectivity index (χ1n) is 15.1. The fourth-order valence-electron chi connectivity index (χ4n) is 3.94. The molecule has 0 heterocycles. The van der Waals surface area contributed by atoms with E-state index in [2.05, 4.69) is 34.2 Å². The summed E-state index contributed by atoms with van der Waals surface area (Å²) in [5.41, 5.74) is -1.25. The van der Waals surface area contributed by atoms with Crippen molar-refractivity contribution in [3.05, 3.63) is 12.2 Å². The van der Waals surface area contributed by atoms with E-state index in [1.54, 1.807) is 0 Å². The van der Waals surface area contributed by atoms with E-state index in [1.165, 1.54) is 83.4 Å². The largest absolute Gasteiger partial charge is 0.469 e. The van der Waals surface area contributed by atoms with Crippen LogP contribution < -0.4 is 10.6 Å². The normalized spacial score (nSPS) is 12.9. The number of nitrogens with one attached hydrogen (secondary N) is 2. The molecule has 0 saturated heterocycles. The first-order valence-corrected chi connectivity index (χ1v) is 17.6. The second-order valence-electron chi connectivity index (χ2n) is 11.1. The molecule has 12 heteroatoms. The third kappa shape index (κ3) is 25.0. The minimum absolute atomic E-state index is 0.00853. The summed E-state index contributed by atoms with van der Waals surface area (Å²) in [6.45, 7) is 4.89. The summed E-state index contributed by atoms with van der Waals surface area (Å²) in [6, 6.07) is 0. The van der Waals surface area contributed by atoms with Gasteiger partial charge in [-0.2, -0.15) is 0 Å². The molecule has 1 atom stereocenters. The van der Waals surface area contributed by atoms with Gasteiger partial charge >= 0.3 is 7.82 Å². The summed E-state index contributed by atoms with van der Waals surface area (Å²) >= 11 is 1.21. The van der Waals surface area contributed by atoms with Gasteiger partial charge in [-0.25, -0.2) is 4.57 Å². The zero-order valence-electron chi connectivity index (χ0n) is 25.4. The predicted molar refractivity (Wildman–Crippen MR) is 165 cm³/mol. The van der Waals surface area contributed by atoms with Crippen molar-refractivity contribution in [1.29, 1.82) is 0 Å². The van der Waals surface area contributed by atoms with Gasteiger partial charge in [0.15, 0.2) is 5.12 Å². The SMILES string of the molecule is CCCCCCCC/C=C\CCCCCCCC(=O)SCCNC(=O)CCNC(=O)[C@@H](O)C(C)(C)COP(=O)(O)O. The van der Waals surface area contributed by atoms with Crippen LogP contribution in [-0.4, -0.2) is 63.4 Å². The molecule has 0 spiro atoms. The number of amides is 2. The Morgan fingerprint density at radius 2 is 1.41 bits per heavy atom. The number of carbonyl (C=O) groups is 3. The van der Waals surface area contributed by atoms with Crippen LogP contribution in [0.1, 0.15) is 117 Å². The summed E-state index contributed by atoms with van der Waals surface area (Å²) in [4.78, 5) is 53.6. The zero-order valence-corrected chi connectivity index (χ0v) is 27.1. The van der Waals surface area contributed by atoms with Gasteiger partial charge < -0.3 is 25.5 Å². The Morgan fingerprint density at radius 1 is 0.854 bits per heavy atom. The Morgan fingerprint density at radius 3 is 2.00 bits per heavy atom. The molecule has 0 aromatic carbocycles. The van der Waals surface area contributed by atoms with Crippen molar-refractivity contribution < 1.29 is 38.4 Å². The monoisotopic (exact) mass is 622 g/mol. The maximum absolute atomic E-state index is 12.1. The quantitative estimate of drug-likeness (QED) is 0.0483. The summed E-state index contributed by atoms with van der Waals surface area (Å²) in [5.74, 6) is -0.586. The molecule has 0 aliphatic rings. The van der Waals surface area contributed by atoms with Crippen LogP contribution in [0.25, 0.3) is 0 Å². The van der Waals surface area contributed by atoms with Crippen LogP contribution in [0.2, 0.25) is 0 Å². The zero-order chi connectivity index (χ0) is 31.0. The van der Waals surface area contributed by atoms with Gasteiger partial charge in [0, 0.05) is 37.1 Å². The van der Waals surface area contributed by atoms with Crippen LogP contribution in [0.5, 0.6) is 0 Å². The van der Waals surface area contributed by atoms with E-state index in [-0.39, 0.29) is 24.0 Å². The van der Waals surface area contributed by atoms with Crippen molar-refractivity contribution in [2.75, 3.05) is 25.4 Å². The molecule has 0 aromatic rings. The minimum Gasteiger partial charge on any atom is -0.383 e. The van der Waals surface area contributed by atoms with Crippen molar-refractivity contribution in [2.45, 2.75) is 123 Å². The first kappa shape index (κ1) is 39.8. The van der Waals surface area contributed by atoms with E-state index in [9.17, 15) is 24.1 Å². The number of phosphoric ester groups is 1. The lowest BCUT2D eigenvalue weighted by Crippen LogP contribution is -2.46. The average molecular weight is 623 g/mol. The highest BCUT2D eigenvalue weighted by molar-refractivity contribution is 8.13. The van der Waals surface area contributed by atoms with E-state index in [4.69, 9.17) is 9.79 Å². The summed E-state index contributed by atoms with van der Waals surface area (Å²) < 4.78 is 15.2. The molecule has 0 bridgehead atoms. The highest BCUT2D eigenvalue weighted by Crippen LogP contribution is 2.38. The predicted octanol–water partition coefficient (Wildman–Crippen LogP) is 5.40. The van der Waals surface area contributed by atoms with Crippen LogP contribution in [0.3, 0.4) is 0 Å². The number of allylic oxidation sites excluding steroid dienone is 2. The van der Waals surface area contributed by atoms with E-state index < -0.39 is 31.9 Å². The molecule has 0 rings (SSSR count). The van der Waals surface area contributed by atoms with Crippen molar-refractivity contribution in [3.63, 3.8) is 0 Å². The molecule has 5 N–H and O–H groups in total. The number of hydrogen-bond donors (Lipinski definition) is 5. The number of phosphoric acid groups is 1. The Kier molecular flexibility index (Phi) is 23.5. The van der Waals surface area contributed by atoms with Crippen LogP contribution in [0.15, 0.2) is 12.2 Å². The molecular formula is C29H55N2O8PS. The van der Waals surface area contributed by atoms with Gasteiger partial charge in [0.1, 0.15) is 6.10 Å². The van der Waals surface area contributed by atoms with Crippen LogP contribution in [0, 0.1) is 5.41 Å². The molecule has 0 aromatic heterocycles. The third-order valence-corrected chi connectivity index (χ3v) is 7.97. The van der Waals surface area contributed by atoms with Gasteiger partial charge in [0.25, 0.3) is 0 Å². The Bertz CT molecular complexity index is 804. The van der Waals surface area contributed by atoms with E-state index in [0.717, 1.165) is 25.7 Å². The Hall–Kier alpha value is -1.23. The number of carbonyl (C=O) groups excluding carboxylic acids is 3. The maximum atomic E-state index is 12.1. The van der Waals surface area contributed by atoms with Crippen molar-refractivity contribution in [2.24, 2.45) is 5.41 Å². The standard InChI is InChI=1S/C29H55N2O8PS/c1-4-5-6-7-8-9-10-11-12-13-14-15-16-17-18-19-26(33)41-23-22-30-25(32)20-21-31-28(35)27(34)29(2,3)24-39-40(36,37)38/h11-12,27,34H,4-10,13-24H2,1-3H3,(H,30,32)(H,31,35)(H2,36,37,38)/b12-11-/t27-/m1/s1. The molecule has 2 amide bonds. The molecular weight excluding hydrogens is 567 g/mol. The van der Waals surface area contributed by atoms with Crippen molar-refractivity contribution >= 4 is 36.5 Å². The Balaban J connectivity index is 3.70. The van der Waals surface area contributed by atoms with Gasteiger partial charge in [-0.05, 0) is 32.1 Å². The molecule has 0 saturated carbocycles. The summed E-state index contributed by atoms with van der Waals surface area (Å²) in [6.07, 6.45) is 19.4. The van der Waals surface area contributed by atoms with Crippen LogP contribution in [-0.2, 0) is 23.5 Å². The first-order chi connectivity index (χ1) is 19.4. The number of hydrogen-bond acceptors (Lipinski definition) is 7. The number of aliphatic hydroxyl groups excluding tert-OH is 1. The fraction of sp³-hybridized carbons (Fsp3) is 0.828. The number of rotatable bonds is 26. The molecule has 10 nitrogen and oxygen atoms in total. The lowest BCUT2D eigenvalue weighted by molar-refractivity contribution is -0.137. The van der Waals surface area contributed by atoms with Gasteiger partial charge in [0.2, 0.25) is 11.8 Å².